The smallest absolute Gasteiger partial charge is 0.316 e. The van der Waals surface area contributed by atoms with Gasteiger partial charge in [-0.15, -0.1) is 0 Å². The van der Waals surface area contributed by atoms with E-state index in [1.54, 1.807) is 7.11 Å². The lowest BCUT2D eigenvalue weighted by Gasteiger charge is -2.39. The molecule has 1 rings (SSSR count). The van der Waals surface area contributed by atoms with Crippen LogP contribution in [0.1, 0.15) is 58.8 Å². The molecule has 1 aliphatic rings. The van der Waals surface area contributed by atoms with Gasteiger partial charge in [-0.3, -0.25) is 9.59 Å². The van der Waals surface area contributed by atoms with Crippen LogP contribution < -0.4 is 0 Å². The third-order valence-corrected chi connectivity index (χ3v) is 4.44. The van der Waals surface area contributed by atoms with Gasteiger partial charge in [-0.2, -0.15) is 0 Å². The molecule has 1 saturated carbocycles. The maximum absolute atomic E-state index is 12.9. The van der Waals surface area contributed by atoms with Crippen LogP contribution >= 0.6 is 0 Å². The zero-order valence-electron chi connectivity index (χ0n) is 13.2. The minimum Gasteiger partial charge on any atom is -0.468 e. The van der Waals surface area contributed by atoms with Gasteiger partial charge in [0.2, 0.25) is 0 Å². The summed E-state index contributed by atoms with van der Waals surface area (Å²) in [5, 5.41) is 0. The van der Waals surface area contributed by atoms with Crippen LogP contribution in [0.2, 0.25) is 0 Å². The van der Waals surface area contributed by atoms with Crippen molar-refractivity contribution in [3.05, 3.63) is 0 Å². The second-order valence-corrected chi connectivity index (χ2v) is 5.98. The van der Waals surface area contributed by atoms with Gasteiger partial charge in [-0.25, -0.2) is 0 Å². The number of rotatable bonds is 7. The van der Waals surface area contributed by atoms with Crippen LogP contribution in [0.5, 0.6) is 0 Å². The Bertz CT molecular complexity index is 339. The van der Waals surface area contributed by atoms with E-state index in [2.05, 4.69) is 6.92 Å². The number of unbranched alkanes of at least 4 members (excludes halogenated alkanes) is 1. The number of Topliss-reactive ketones (excluding diaryl/α,β-unsaturated/α-hetero) is 1. The van der Waals surface area contributed by atoms with Gasteiger partial charge in [0, 0.05) is 7.11 Å². The number of carbonyl (C=O) groups is 2. The Hall–Kier alpha value is -0.900. The van der Waals surface area contributed by atoms with Crippen molar-refractivity contribution in [3.63, 3.8) is 0 Å². The molecule has 0 bridgehead atoms. The number of hydrogen-bond donors (Lipinski definition) is 0. The molecule has 0 saturated heterocycles. The summed E-state index contributed by atoms with van der Waals surface area (Å²) in [5.41, 5.74) is -0.787. The van der Waals surface area contributed by atoms with Crippen LogP contribution in [0.3, 0.4) is 0 Å². The molecule has 0 radical (unpaired) electrons. The molecule has 20 heavy (non-hydrogen) atoms. The first-order chi connectivity index (χ1) is 9.50. The Labute approximate surface area is 122 Å². The van der Waals surface area contributed by atoms with Crippen molar-refractivity contribution in [2.45, 2.75) is 64.4 Å². The SMILES string of the molecule is CCCCC(C(=O)OC)C(=O)C1(OC)CCCC(C)C1. The van der Waals surface area contributed by atoms with Crippen molar-refractivity contribution in [1.82, 2.24) is 0 Å². The number of ketones is 1. The first-order valence-electron chi connectivity index (χ1n) is 7.68. The fraction of sp³-hybridized carbons (Fsp3) is 0.875. The molecule has 116 valence electrons. The largest absolute Gasteiger partial charge is 0.468 e. The Kier molecular flexibility index (Phi) is 6.66. The van der Waals surface area contributed by atoms with E-state index in [0.717, 1.165) is 25.7 Å². The molecular weight excluding hydrogens is 256 g/mol. The van der Waals surface area contributed by atoms with Crippen LogP contribution in [0.4, 0.5) is 0 Å². The lowest BCUT2D eigenvalue weighted by atomic mass is 9.72. The lowest BCUT2D eigenvalue weighted by Crippen LogP contribution is -2.49. The van der Waals surface area contributed by atoms with Crippen LogP contribution in [0.25, 0.3) is 0 Å². The molecule has 0 N–H and O–H groups in total. The van der Waals surface area contributed by atoms with E-state index < -0.39 is 17.5 Å². The second kappa shape index (κ2) is 7.77. The minimum atomic E-state index is -0.787. The number of hydrogen-bond acceptors (Lipinski definition) is 4. The van der Waals surface area contributed by atoms with Gasteiger partial charge in [0.05, 0.1) is 7.11 Å². The van der Waals surface area contributed by atoms with Crippen molar-refractivity contribution < 1.29 is 19.1 Å². The summed E-state index contributed by atoms with van der Waals surface area (Å²) in [4.78, 5) is 24.8. The average molecular weight is 284 g/mol. The van der Waals surface area contributed by atoms with Gasteiger partial charge < -0.3 is 9.47 Å². The van der Waals surface area contributed by atoms with E-state index in [1.165, 1.54) is 7.11 Å². The molecule has 1 aliphatic carbocycles. The highest BCUT2D eigenvalue weighted by atomic mass is 16.5. The number of esters is 1. The summed E-state index contributed by atoms with van der Waals surface area (Å²) < 4.78 is 10.4. The Balaban J connectivity index is 2.92. The summed E-state index contributed by atoms with van der Waals surface area (Å²) in [6.45, 7) is 4.19. The molecule has 0 aromatic carbocycles. The van der Waals surface area contributed by atoms with E-state index in [0.29, 0.717) is 25.2 Å². The second-order valence-electron chi connectivity index (χ2n) is 5.98. The van der Waals surface area contributed by atoms with E-state index in [-0.39, 0.29) is 5.78 Å². The monoisotopic (exact) mass is 284 g/mol. The molecule has 3 atom stereocenters. The number of carbonyl (C=O) groups excluding carboxylic acids is 2. The highest BCUT2D eigenvalue weighted by Crippen LogP contribution is 2.38. The van der Waals surface area contributed by atoms with Crippen molar-refractivity contribution in [2.24, 2.45) is 11.8 Å². The van der Waals surface area contributed by atoms with Crippen molar-refractivity contribution >= 4 is 11.8 Å². The number of ether oxygens (including phenoxy) is 2. The van der Waals surface area contributed by atoms with Gasteiger partial charge in [0.25, 0.3) is 0 Å². The van der Waals surface area contributed by atoms with Crippen LogP contribution in [0.15, 0.2) is 0 Å². The molecule has 1 fully saturated rings. The maximum atomic E-state index is 12.9. The molecule has 0 aromatic heterocycles. The Morgan fingerprint density at radius 2 is 2.05 bits per heavy atom. The molecule has 4 nitrogen and oxygen atoms in total. The van der Waals surface area contributed by atoms with Crippen LogP contribution in [0, 0.1) is 11.8 Å². The normalized spacial score (nSPS) is 27.9. The quantitative estimate of drug-likeness (QED) is 0.532. The summed E-state index contributed by atoms with van der Waals surface area (Å²) in [6, 6.07) is 0. The van der Waals surface area contributed by atoms with Crippen molar-refractivity contribution in [3.8, 4) is 0 Å². The lowest BCUT2D eigenvalue weighted by molar-refractivity contribution is -0.162. The molecule has 4 heteroatoms. The molecule has 0 amide bonds. The predicted molar refractivity (Wildman–Crippen MR) is 77.4 cm³/mol. The summed E-state index contributed by atoms with van der Waals surface area (Å²) >= 11 is 0. The minimum absolute atomic E-state index is 0.0770. The number of methoxy groups -OCH3 is 2. The van der Waals surface area contributed by atoms with E-state index >= 15 is 0 Å². The van der Waals surface area contributed by atoms with Crippen molar-refractivity contribution in [2.75, 3.05) is 14.2 Å². The Morgan fingerprint density at radius 3 is 2.55 bits per heavy atom. The first kappa shape index (κ1) is 17.2. The highest BCUT2D eigenvalue weighted by Gasteiger charge is 2.46. The molecule has 0 aromatic rings. The molecule has 0 spiro atoms. The van der Waals surface area contributed by atoms with Crippen molar-refractivity contribution in [1.29, 1.82) is 0 Å². The van der Waals surface area contributed by atoms with Crippen LogP contribution in [-0.2, 0) is 19.1 Å². The van der Waals surface area contributed by atoms with Gasteiger partial charge in [-0.05, 0) is 31.6 Å². The van der Waals surface area contributed by atoms with Gasteiger partial charge >= 0.3 is 5.97 Å². The summed E-state index contributed by atoms with van der Waals surface area (Å²) in [6.07, 6.45) is 5.88. The standard InChI is InChI=1S/C16H28O4/c1-5-6-9-13(15(18)19-3)14(17)16(20-4)10-7-8-12(2)11-16/h12-13H,5-11H2,1-4H3. The topological polar surface area (TPSA) is 52.6 Å². The fourth-order valence-electron chi connectivity index (χ4n) is 3.24. The average Bonchev–Trinajstić information content (AvgIpc) is 2.46. The highest BCUT2D eigenvalue weighted by molar-refractivity contribution is 6.03. The van der Waals surface area contributed by atoms with E-state index in [1.807, 2.05) is 6.92 Å². The third-order valence-electron chi connectivity index (χ3n) is 4.44. The molecular formula is C16H28O4. The van der Waals surface area contributed by atoms with E-state index in [9.17, 15) is 9.59 Å². The summed E-state index contributed by atoms with van der Waals surface area (Å²) in [7, 11) is 2.93. The maximum Gasteiger partial charge on any atom is 0.316 e. The zero-order chi connectivity index (χ0) is 15.2. The fourth-order valence-corrected chi connectivity index (χ4v) is 3.24. The zero-order valence-corrected chi connectivity index (χ0v) is 13.2. The summed E-state index contributed by atoms with van der Waals surface area (Å²) in [5.74, 6) is -0.715. The molecule has 0 aliphatic heterocycles. The molecule has 3 unspecified atom stereocenters. The third kappa shape index (κ3) is 3.81. The van der Waals surface area contributed by atoms with Gasteiger partial charge in [-0.1, -0.05) is 33.1 Å². The predicted octanol–water partition coefficient (Wildman–Crippen LogP) is 3.13. The Morgan fingerprint density at radius 1 is 1.35 bits per heavy atom. The molecule has 0 heterocycles. The van der Waals surface area contributed by atoms with E-state index in [4.69, 9.17) is 9.47 Å². The van der Waals surface area contributed by atoms with Gasteiger partial charge in [0.1, 0.15) is 11.5 Å². The van der Waals surface area contributed by atoms with Gasteiger partial charge in [0.15, 0.2) is 5.78 Å². The van der Waals surface area contributed by atoms with Crippen LogP contribution in [-0.4, -0.2) is 31.6 Å². The first-order valence-corrected chi connectivity index (χ1v) is 7.68.